The minimum Gasteiger partial charge on any atom is -0.406 e. The molecule has 0 aliphatic heterocycles. The fourth-order valence-corrected chi connectivity index (χ4v) is 2.41. The topological polar surface area (TPSA) is 96.6 Å². The lowest BCUT2D eigenvalue weighted by molar-refractivity contribution is -0.274. The first-order chi connectivity index (χ1) is 13.6. The lowest BCUT2D eigenvalue weighted by atomic mass is 10.1. The van der Waals surface area contributed by atoms with Crippen molar-refractivity contribution >= 4 is 11.9 Å². The number of carbonyl (C=O) groups is 1. The molecule has 0 spiro atoms. The zero-order valence-corrected chi connectivity index (χ0v) is 16.0. The van der Waals surface area contributed by atoms with Gasteiger partial charge in [0.2, 0.25) is 5.95 Å². The highest BCUT2D eigenvalue weighted by atomic mass is 19.4. The Morgan fingerprint density at radius 1 is 1.31 bits per heavy atom. The largest absolute Gasteiger partial charge is 0.573 e. The summed E-state index contributed by atoms with van der Waals surface area (Å²) in [6, 6.07) is 5.42. The number of methoxy groups -OCH3 is 1. The molecule has 158 valence electrons. The average Bonchev–Trinajstić information content (AvgIpc) is 2.65. The molecule has 2 aromatic rings. The van der Waals surface area contributed by atoms with Crippen LogP contribution in [-0.4, -0.2) is 49.5 Å². The summed E-state index contributed by atoms with van der Waals surface area (Å²) in [5.41, 5.74) is -0.0926. The Hall–Kier alpha value is -3.08. The van der Waals surface area contributed by atoms with Crippen molar-refractivity contribution in [3.05, 3.63) is 51.9 Å². The molecule has 0 radical (unpaired) electrons. The molecule has 1 aromatic carbocycles. The Kier molecular flexibility index (Phi) is 7.21. The Balaban J connectivity index is 2.21. The molecule has 0 saturated heterocycles. The van der Waals surface area contributed by atoms with Crippen LogP contribution in [0.25, 0.3) is 0 Å². The second-order valence-corrected chi connectivity index (χ2v) is 6.07. The predicted molar refractivity (Wildman–Crippen MR) is 99.0 cm³/mol. The van der Waals surface area contributed by atoms with Gasteiger partial charge in [0.25, 0.3) is 11.5 Å². The number of nitrogens with zero attached hydrogens (tertiary/aromatic N) is 2. The number of carbonyl (C=O) groups excluding carboxylic acids is 1. The summed E-state index contributed by atoms with van der Waals surface area (Å²) in [4.78, 5) is 32.8. The van der Waals surface area contributed by atoms with Crippen molar-refractivity contribution in [3.63, 3.8) is 0 Å². The van der Waals surface area contributed by atoms with Crippen LogP contribution in [0.5, 0.6) is 5.75 Å². The molecule has 0 fully saturated rings. The normalized spacial score (nSPS) is 12.3. The summed E-state index contributed by atoms with van der Waals surface area (Å²) in [5.74, 6) is -0.770. The Morgan fingerprint density at radius 3 is 2.52 bits per heavy atom. The van der Waals surface area contributed by atoms with E-state index in [4.69, 9.17) is 4.74 Å². The molecule has 2 rings (SSSR count). The zero-order valence-electron chi connectivity index (χ0n) is 16.0. The summed E-state index contributed by atoms with van der Waals surface area (Å²) in [5, 5.41) is 2.67. The molecule has 1 aromatic heterocycles. The van der Waals surface area contributed by atoms with Gasteiger partial charge in [-0.05, 0) is 24.6 Å². The molecule has 1 unspecified atom stereocenters. The quantitative estimate of drug-likeness (QED) is 0.688. The van der Waals surface area contributed by atoms with Gasteiger partial charge in [-0.2, -0.15) is 0 Å². The van der Waals surface area contributed by atoms with Crippen molar-refractivity contribution < 1.29 is 27.4 Å². The van der Waals surface area contributed by atoms with E-state index in [2.05, 4.69) is 20.0 Å². The molecule has 1 atom stereocenters. The summed E-state index contributed by atoms with van der Waals surface area (Å²) < 4.78 is 45.8. The fraction of sp³-hybridized carbons (Fsp3) is 0.389. The number of rotatable bonds is 8. The van der Waals surface area contributed by atoms with Gasteiger partial charge in [0, 0.05) is 26.8 Å². The van der Waals surface area contributed by atoms with E-state index in [1.165, 1.54) is 19.2 Å². The summed E-state index contributed by atoms with van der Waals surface area (Å²) in [7, 11) is 3.12. The summed E-state index contributed by atoms with van der Waals surface area (Å²) in [6.07, 6.45) is -4.79. The van der Waals surface area contributed by atoms with Crippen LogP contribution in [0.1, 0.15) is 29.0 Å². The number of hydrogen-bond donors (Lipinski definition) is 2. The van der Waals surface area contributed by atoms with Gasteiger partial charge in [-0.3, -0.25) is 14.6 Å². The first-order valence-corrected chi connectivity index (χ1v) is 8.61. The standard InChI is InChI=1S/C18H21F3N4O4/c1-4-25(2)17-23-13(9-15(26)24-17)16(27)22-14(10-28-3)11-5-7-12(8-6-11)29-18(19,20)21/h5-9,14H,4,10H2,1-3H3,(H,22,27)(H,23,24,26). The van der Waals surface area contributed by atoms with Crippen LogP contribution in [-0.2, 0) is 4.74 Å². The molecule has 29 heavy (non-hydrogen) atoms. The van der Waals surface area contributed by atoms with E-state index in [-0.39, 0.29) is 24.0 Å². The molecule has 0 saturated carbocycles. The number of halogens is 3. The second-order valence-electron chi connectivity index (χ2n) is 6.07. The van der Waals surface area contributed by atoms with Gasteiger partial charge in [0.15, 0.2) is 0 Å². The number of H-pyrrole nitrogens is 1. The molecular weight excluding hydrogens is 393 g/mol. The number of amides is 1. The Morgan fingerprint density at radius 2 is 1.97 bits per heavy atom. The van der Waals surface area contributed by atoms with E-state index in [1.54, 1.807) is 11.9 Å². The highest BCUT2D eigenvalue weighted by Crippen LogP contribution is 2.24. The van der Waals surface area contributed by atoms with Gasteiger partial charge in [-0.25, -0.2) is 4.98 Å². The minimum absolute atomic E-state index is 0.0517. The highest BCUT2D eigenvalue weighted by Gasteiger charge is 2.31. The smallest absolute Gasteiger partial charge is 0.406 e. The van der Waals surface area contributed by atoms with E-state index in [1.807, 2.05) is 6.92 Å². The fourth-order valence-electron chi connectivity index (χ4n) is 2.41. The van der Waals surface area contributed by atoms with Crippen molar-refractivity contribution in [3.8, 4) is 5.75 Å². The van der Waals surface area contributed by atoms with Gasteiger partial charge in [0.1, 0.15) is 11.4 Å². The van der Waals surface area contributed by atoms with Crippen LogP contribution >= 0.6 is 0 Å². The van der Waals surface area contributed by atoms with Crippen LogP contribution in [0.4, 0.5) is 19.1 Å². The third kappa shape index (κ3) is 6.49. The predicted octanol–water partition coefficient (Wildman–Crippen LogP) is 2.24. The number of aromatic nitrogens is 2. The van der Waals surface area contributed by atoms with Gasteiger partial charge in [-0.1, -0.05) is 12.1 Å². The molecule has 0 aliphatic carbocycles. The number of nitrogens with one attached hydrogen (secondary N) is 2. The van der Waals surface area contributed by atoms with Crippen molar-refractivity contribution in [1.82, 2.24) is 15.3 Å². The number of benzene rings is 1. The molecule has 11 heteroatoms. The first-order valence-electron chi connectivity index (χ1n) is 8.61. The number of ether oxygens (including phenoxy) is 2. The van der Waals surface area contributed by atoms with E-state index in [9.17, 15) is 22.8 Å². The average molecular weight is 414 g/mol. The van der Waals surface area contributed by atoms with Crippen molar-refractivity contribution in [2.45, 2.75) is 19.3 Å². The van der Waals surface area contributed by atoms with Crippen LogP contribution in [0.15, 0.2) is 35.1 Å². The number of alkyl halides is 3. The first kappa shape index (κ1) is 22.2. The molecule has 0 aliphatic rings. The Labute approximate surface area is 164 Å². The van der Waals surface area contributed by atoms with Gasteiger partial charge in [0.05, 0.1) is 12.6 Å². The third-order valence-corrected chi connectivity index (χ3v) is 3.95. The highest BCUT2D eigenvalue weighted by molar-refractivity contribution is 5.92. The van der Waals surface area contributed by atoms with E-state index < -0.39 is 23.9 Å². The van der Waals surface area contributed by atoms with Crippen molar-refractivity contribution in [1.29, 1.82) is 0 Å². The number of anilines is 1. The molecular formula is C18H21F3N4O4. The number of aromatic amines is 1. The maximum atomic E-state index is 12.6. The van der Waals surface area contributed by atoms with Gasteiger partial charge < -0.3 is 19.7 Å². The van der Waals surface area contributed by atoms with E-state index in [0.717, 1.165) is 18.2 Å². The molecule has 8 nitrogen and oxygen atoms in total. The van der Waals surface area contributed by atoms with E-state index >= 15 is 0 Å². The monoisotopic (exact) mass is 414 g/mol. The van der Waals surface area contributed by atoms with Crippen molar-refractivity contribution in [2.24, 2.45) is 0 Å². The minimum atomic E-state index is -4.79. The van der Waals surface area contributed by atoms with Gasteiger partial charge in [-0.15, -0.1) is 13.2 Å². The van der Waals surface area contributed by atoms with Crippen LogP contribution < -0.4 is 20.5 Å². The van der Waals surface area contributed by atoms with Crippen molar-refractivity contribution in [2.75, 3.05) is 32.2 Å². The van der Waals surface area contributed by atoms with Crippen LogP contribution in [0.2, 0.25) is 0 Å². The lowest BCUT2D eigenvalue weighted by Gasteiger charge is -2.20. The second kappa shape index (κ2) is 9.41. The zero-order chi connectivity index (χ0) is 21.6. The maximum Gasteiger partial charge on any atom is 0.573 e. The third-order valence-electron chi connectivity index (χ3n) is 3.95. The molecule has 1 amide bonds. The van der Waals surface area contributed by atoms with Gasteiger partial charge >= 0.3 is 6.36 Å². The van der Waals surface area contributed by atoms with Crippen LogP contribution in [0.3, 0.4) is 0 Å². The Bertz CT molecular complexity index is 884. The van der Waals surface area contributed by atoms with Crippen LogP contribution in [0, 0.1) is 0 Å². The van der Waals surface area contributed by atoms with E-state index in [0.29, 0.717) is 12.1 Å². The SMILES string of the molecule is CCN(C)c1nc(C(=O)NC(COC)c2ccc(OC(F)(F)F)cc2)cc(=O)[nH]1. The summed E-state index contributed by atoms with van der Waals surface area (Å²) in [6.45, 7) is 2.47. The number of hydrogen-bond acceptors (Lipinski definition) is 6. The maximum absolute atomic E-state index is 12.6. The molecule has 2 N–H and O–H groups in total. The molecule has 1 heterocycles. The molecule has 0 bridgehead atoms. The lowest BCUT2D eigenvalue weighted by Crippen LogP contribution is -2.33. The summed E-state index contributed by atoms with van der Waals surface area (Å²) >= 11 is 0.